The lowest BCUT2D eigenvalue weighted by Gasteiger charge is -2.11. The van der Waals surface area contributed by atoms with Gasteiger partial charge in [-0.15, -0.1) is 0 Å². The molecule has 2 aliphatic rings. The van der Waals surface area contributed by atoms with Crippen LogP contribution in [0.5, 0.6) is 0 Å². The fraction of sp³-hybridized carbons (Fsp3) is 0.556. The smallest absolute Gasteiger partial charge is 0.270 e. The van der Waals surface area contributed by atoms with E-state index >= 15 is 0 Å². The van der Waals surface area contributed by atoms with Gasteiger partial charge >= 0.3 is 0 Å². The SMILES string of the molecule is Cc1nn(C)c2nc(C3CC3)cc(C(=O)NNC(=O)CC3CCS(=O)(=O)C3)c12. The summed E-state index contributed by atoms with van der Waals surface area (Å²) in [5, 5.41) is 5.03. The molecular formula is C18H23N5O4S. The second-order valence-corrected chi connectivity index (χ2v) is 9.98. The van der Waals surface area contributed by atoms with Crippen molar-refractivity contribution in [2.45, 2.75) is 38.5 Å². The Morgan fingerprint density at radius 3 is 2.64 bits per heavy atom. The van der Waals surface area contributed by atoms with E-state index < -0.39 is 21.7 Å². The molecule has 0 spiro atoms. The molecule has 28 heavy (non-hydrogen) atoms. The third-order valence-electron chi connectivity index (χ3n) is 5.35. The molecule has 2 amide bonds. The third-order valence-corrected chi connectivity index (χ3v) is 7.18. The standard InChI is InChI=1S/C18H23N5O4S/c1-10-16-13(8-14(12-3-4-12)19-17(16)23(2)22-10)18(25)21-20-15(24)7-11-5-6-28(26,27)9-11/h8,11-12H,3-7,9H2,1-2H3,(H,20,24)(H,21,25). The fourth-order valence-electron chi connectivity index (χ4n) is 3.77. The third kappa shape index (κ3) is 3.73. The lowest BCUT2D eigenvalue weighted by molar-refractivity contribution is -0.122. The van der Waals surface area contributed by atoms with E-state index in [4.69, 9.17) is 0 Å². The predicted molar refractivity (Wildman–Crippen MR) is 102 cm³/mol. The maximum absolute atomic E-state index is 12.8. The zero-order valence-corrected chi connectivity index (χ0v) is 16.7. The van der Waals surface area contributed by atoms with Crippen LogP contribution in [0, 0.1) is 12.8 Å². The molecule has 3 heterocycles. The molecule has 1 unspecified atom stereocenters. The van der Waals surface area contributed by atoms with Gasteiger partial charge in [0.25, 0.3) is 5.91 Å². The Morgan fingerprint density at radius 1 is 1.25 bits per heavy atom. The maximum Gasteiger partial charge on any atom is 0.270 e. The molecular weight excluding hydrogens is 382 g/mol. The summed E-state index contributed by atoms with van der Waals surface area (Å²) in [4.78, 5) is 29.5. The largest absolute Gasteiger partial charge is 0.273 e. The molecule has 2 N–H and O–H groups in total. The van der Waals surface area contributed by atoms with Crippen LogP contribution in [0.25, 0.3) is 11.0 Å². The van der Waals surface area contributed by atoms with Crippen molar-refractivity contribution in [3.05, 3.63) is 23.0 Å². The van der Waals surface area contributed by atoms with Crippen LogP contribution in [0.1, 0.15) is 53.3 Å². The number of amides is 2. The molecule has 10 heteroatoms. The molecule has 1 atom stereocenters. The molecule has 150 valence electrons. The van der Waals surface area contributed by atoms with Crippen molar-refractivity contribution < 1.29 is 18.0 Å². The molecule has 1 saturated heterocycles. The molecule has 4 rings (SSSR count). The molecule has 1 aliphatic heterocycles. The second kappa shape index (κ2) is 6.84. The number of rotatable bonds is 4. The first kappa shape index (κ1) is 18.9. The fourth-order valence-corrected chi connectivity index (χ4v) is 5.63. The van der Waals surface area contributed by atoms with Crippen LogP contribution in [0.15, 0.2) is 6.07 Å². The molecule has 1 saturated carbocycles. The van der Waals surface area contributed by atoms with Crippen LogP contribution in [0.2, 0.25) is 0 Å². The topological polar surface area (TPSA) is 123 Å². The Hall–Kier alpha value is -2.49. The Bertz CT molecular complexity index is 1070. The summed E-state index contributed by atoms with van der Waals surface area (Å²) in [6.07, 6.45) is 2.66. The van der Waals surface area contributed by atoms with Crippen LogP contribution >= 0.6 is 0 Å². The predicted octanol–water partition coefficient (Wildman–Crippen LogP) is 0.740. The Morgan fingerprint density at radius 2 is 2.00 bits per heavy atom. The van der Waals surface area contributed by atoms with Crippen LogP contribution in [0.3, 0.4) is 0 Å². The molecule has 0 radical (unpaired) electrons. The van der Waals surface area contributed by atoms with Crippen LogP contribution < -0.4 is 10.9 Å². The van der Waals surface area contributed by atoms with Crippen LogP contribution in [-0.4, -0.2) is 46.5 Å². The highest BCUT2D eigenvalue weighted by atomic mass is 32.2. The Balaban J connectivity index is 1.48. The maximum atomic E-state index is 12.8. The van der Waals surface area contributed by atoms with Crippen molar-refractivity contribution in [1.82, 2.24) is 25.6 Å². The van der Waals surface area contributed by atoms with Gasteiger partial charge in [-0.05, 0) is 38.2 Å². The summed E-state index contributed by atoms with van der Waals surface area (Å²) in [5.41, 5.74) is 7.50. The van der Waals surface area contributed by atoms with Gasteiger partial charge in [-0.2, -0.15) is 5.10 Å². The number of nitrogens with one attached hydrogen (secondary N) is 2. The number of aromatic nitrogens is 3. The summed E-state index contributed by atoms with van der Waals surface area (Å²) < 4.78 is 24.7. The molecule has 0 aromatic carbocycles. The second-order valence-electron chi connectivity index (χ2n) is 7.75. The Labute approximate surface area is 162 Å². The van der Waals surface area contributed by atoms with Gasteiger partial charge in [-0.25, -0.2) is 13.4 Å². The van der Waals surface area contributed by atoms with Crippen molar-refractivity contribution in [3.8, 4) is 0 Å². The van der Waals surface area contributed by atoms with E-state index in [1.54, 1.807) is 17.8 Å². The minimum absolute atomic E-state index is 0.0268. The number of aryl methyl sites for hydroxylation is 2. The van der Waals surface area contributed by atoms with Gasteiger partial charge in [0.05, 0.1) is 28.1 Å². The number of hydrogen-bond donors (Lipinski definition) is 2. The van der Waals surface area contributed by atoms with Gasteiger partial charge in [-0.1, -0.05) is 0 Å². The number of sulfone groups is 1. The lowest BCUT2D eigenvalue weighted by atomic mass is 10.1. The molecule has 2 fully saturated rings. The van der Waals surface area contributed by atoms with Gasteiger partial charge in [0, 0.05) is 25.1 Å². The summed E-state index contributed by atoms with van der Waals surface area (Å²) >= 11 is 0. The van der Waals surface area contributed by atoms with Crippen molar-refractivity contribution in [1.29, 1.82) is 0 Å². The van der Waals surface area contributed by atoms with Gasteiger partial charge in [0.1, 0.15) is 0 Å². The quantitative estimate of drug-likeness (QED) is 0.723. The number of carbonyl (C=O) groups is 2. The van der Waals surface area contributed by atoms with E-state index in [2.05, 4.69) is 20.9 Å². The number of hydrazine groups is 1. The van der Waals surface area contributed by atoms with Gasteiger partial charge in [0.15, 0.2) is 15.5 Å². The molecule has 9 nitrogen and oxygen atoms in total. The highest BCUT2D eigenvalue weighted by molar-refractivity contribution is 7.91. The van der Waals surface area contributed by atoms with Gasteiger partial charge in [-0.3, -0.25) is 25.1 Å². The molecule has 0 bridgehead atoms. The molecule has 2 aromatic rings. The minimum Gasteiger partial charge on any atom is -0.273 e. The van der Waals surface area contributed by atoms with Gasteiger partial charge < -0.3 is 0 Å². The van der Waals surface area contributed by atoms with E-state index in [9.17, 15) is 18.0 Å². The normalized spacial score (nSPS) is 21.0. The molecule has 1 aliphatic carbocycles. The molecule has 2 aromatic heterocycles. The highest BCUT2D eigenvalue weighted by Crippen LogP contribution is 2.40. The summed E-state index contributed by atoms with van der Waals surface area (Å²) in [6, 6.07) is 1.78. The van der Waals surface area contributed by atoms with E-state index in [-0.39, 0.29) is 23.8 Å². The van der Waals surface area contributed by atoms with E-state index in [0.29, 0.717) is 34.6 Å². The van der Waals surface area contributed by atoms with Crippen LogP contribution in [0.4, 0.5) is 0 Å². The summed E-state index contributed by atoms with van der Waals surface area (Å²) in [7, 11) is -1.24. The van der Waals surface area contributed by atoms with E-state index in [1.807, 2.05) is 6.92 Å². The van der Waals surface area contributed by atoms with Crippen LogP contribution in [-0.2, 0) is 21.7 Å². The van der Waals surface area contributed by atoms with Crippen molar-refractivity contribution in [3.63, 3.8) is 0 Å². The number of nitrogens with zero attached hydrogens (tertiary/aromatic N) is 3. The van der Waals surface area contributed by atoms with E-state index in [0.717, 1.165) is 18.5 Å². The summed E-state index contributed by atoms with van der Waals surface area (Å²) in [6.45, 7) is 1.82. The highest BCUT2D eigenvalue weighted by Gasteiger charge is 2.30. The first-order valence-electron chi connectivity index (χ1n) is 9.37. The zero-order valence-electron chi connectivity index (χ0n) is 15.9. The lowest BCUT2D eigenvalue weighted by Crippen LogP contribution is -2.42. The van der Waals surface area contributed by atoms with E-state index in [1.165, 1.54) is 0 Å². The minimum atomic E-state index is -3.03. The number of pyridine rings is 1. The van der Waals surface area contributed by atoms with Crippen molar-refractivity contribution in [2.24, 2.45) is 13.0 Å². The monoisotopic (exact) mass is 405 g/mol. The first-order chi connectivity index (χ1) is 13.2. The number of carbonyl (C=O) groups excluding carboxylic acids is 2. The zero-order chi connectivity index (χ0) is 20.1. The number of hydrogen-bond acceptors (Lipinski definition) is 6. The first-order valence-corrected chi connectivity index (χ1v) is 11.2. The average molecular weight is 405 g/mol. The number of fused-ring (bicyclic) bond motifs is 1. The van der Waals surface area contributed by atoms with Crippen molar-refractivity contribution in [2.75, 3.05) is 11.5 Å². The van der Waals surface area contributed by atoms with Crippen molar-refractivity contribution >= 4 is 32.7 Å². The van der Waals surface area contributed by atoms with Gasteiger partial charge in [0.2, 0.25) is 5.91 Å². The Kier molecular flexibility index (Phi) is 4.60. The average Bonchev–Trinajstić information content (AvgIpc) is 3.37. The summed E-state index contributed by atoms with van der Waals surface area (Å²) in [5.74, 6) is -0.513.